The number of thiazole rings is 1. The van der Waals surface area contributed by atoms with Crippen LogP contribution in [0.1, 0.15) is 15.9 Å². The Balaban J connectivity index is 1.73. The fraction of sp³-hybridized carbons (Fsp3) is 0.158. The fourth-order valence-corrected chi connectivity index (χ4v) is 3.96. The van der Waals surface area contributed by atoms with Crippen molar-refractivity contribution < 1.29 is 13.2 Å². The number of nitrogens with zero attached hydrogens (tertiary/aromatic N) is 2. The number of sulfonamides is 1. The van der Waals surface area contributed by atoms with E-state index >= 15 is 0 Å². The van der Waals surface area contributed by atoms with E-state index in [2.05, 4.69) is 10.3 Å². The predicted molar refractivity (Wildman–Crippen MR) is 108 cm³/mol. The van der Waals surface area contributed by atoms with E-state index in [4.69, 9.17) is 0 Å². The van der Waals surface area contributed by atoms with Crippen molar-refractivity contribution in [2.24, 2.45) is 0 Å². The minimum atomic E-state index is -3.52. The predicted octanol–water partition coefficient (Wildman–Crippen LogP) is 3.62. The maximum atomic E-state index is 12.4. The topological polar surface area (TPSA) is 79.4 Å². The van der Waals surface area contributed by atoms with Gasteiger partial charge in [0.1, 0.15) is 0 Å². The largest absolute Gasteiger partial charge is 0.298 e. The SMILES string of the molecule is Cc1ccc(-c2csc(NC(=O)c3ccc(S(=O)(=O)N(C)C)cc3)n2)cc1. The van der Waals surface area contributed by atoms with Crippen LogP contribution in [0.15, 0.2) is 58.8 Å². The van der Waals surface area contributed by atoms with E-state index in [9.17, 15) is 13.2 Å². The second-order valence-corrected chi connectivity index (χ2v) is 9.18. The Morgan fingerprint density at radius 3 is 2.26 bits per heavy atom. The summed E-state index contributed by atoms with van der Waals surface area (Å²) in [5.41, 5.74) is 3.31. The first kappa shape index (κ1) is 19.2. The van der Waals surface area contributed by atoms with Crippen LogP contribution in [-0.2, 0) is 10.0 Å². The molecule has 1 heterocycles. The molecule has 0 aliphatic rings. The van der Waals surface area contributed by atoms with Crippen LogP contribution in [-0.4, -0.2) is 37.7 Å². The van der Waals surface area contributed by atoms with E-state index in [0.717, 1.165) is 15.6 Å². The van der Waals surface area contributed by atoms with Gasteiger partial charge in [0.2, 0.25) is 10.0 Å². The Morgan fingerprint density at radius 1 is 1.04 bits per heavy atom. The van der Waals surface area contributed by atoms with E-state index in [-0.39, 0.29) is 10.8 Å². The smallest absolute Gasteiger partial charge is 0.257 e. The normalized spacial score (nSPS) is 11.6. The number of amides is 1. The van der Waals surface area contributed by atoms with Gasteiger partial charge in [-0.2, -0.15) is 0 Å². The molecule has 3 rings (SSSR count). The van der Waals surface area contributed by atoms with Crippen LogP contribution in [0.5, 0.6) is 0 Å². The monoisotopic (exact) mass is 401 g/mol. The van der Waals surface area contributed by atoms with Crippen LogP contribution >= 0.6 is 11.3 Å². The average Bonchev–Trinajstić information content (AvgIpc) is 3.10. The van der Waals surface area contributed by atoms with Gasteiger partial charge in [0, 0.05) is 30.6 Å². The molecule has 0 aliphatic heterocycles. The second-order valence-electron chi connectivity index (χ2n) is 6.17. The number of aryl methyl sites for hydroxylation is 1. The summed E-state index contributed by atoms with van der Waals surface area (Å²) in [7, 11) is -0.593. The van der Waals surface area contributed by atoms with Crippen molar-refractivity contribution in [1.29, 1.82) is 0 Å². The van der Waals surface area contributed by atoms with Crippen molar-refractivity contribution in [3.8, 4) is 11.3 Å². The van der Waals surface area contributed by atoms with Gasteiger partial charge in [-0.3, -0.25) is 10.1 Å². The number of nitrogens with one attached hydrogen (secondary N) is 1. The van der Waals surface area contributed by atoms with E-state index in [1.54, 1.807) is 0 Å². The molecule has 0 spiro atoms. The van der Waals surface area contributed by atoms with Gasteiger partial charge in [0.15, 0.2) is 5.13 Å². The number of aromatic nitrogens is 1. The van der Waals surface area contributed by atoms with Crippen LogP contribution in [0.2, 0.25) is 0 Å². The Kier molecular flexibility index (Phi) is 5.41. The van der Waals surface area contributed by atoms with Crippen LogP contribution in [0, 0.1) is 6.92 Å². The highest BCUT2D eigenvalue weighted by molar-refractivity contribution is 7.89. The summed E-state index contributed by atoms with van der Waals surface area (Å²) in [4.78, 5) is 17.0. The van der Waals surface area contributed by atoms with Gasteiger partial charge in [-0.1, -0.05) is 29.8 Å². The van der Waals surface area contributed by atoms with Crippen molar-refractivity contribution in [2.75, 3.05) is 19.4 Å². The molecule has 0 saturated carbocycles. The Hall–Kier alpha value is -2.55. The zero-order valence-electron chi connectivity index (χ0n) is 15.1. The molecular weight excluding hydrogens is 382 g/mol. The van der Waals surface area contributed by atoms with Crippen molar-refractivity contribution in [1.82, 2.24) is 9.29 Å². The molecule has 27 heavy (non-hydrogen) atoms. The molecule has 0 atom stereocenters. The molecule has 0 radical (unpaired) electrons. The third-order valence-corrected chi connectivity index (χ3v) is 6.55. The lowest BCUT2D eigenvalue weighted by Crippen LogP contribution is -2.22. The highest BCUT2D eigenvalue weighted by Crippen LogP contribution is 2.25. The lowest BCUT2D eigenvalue weighted by atomic mass is 10.1. The third-order valence-electron chi connectivity index (χ3n) is 3.97. The molecule has 3 aromatic rings. The molecule has 1 amide bonds. The van der Waals surface area contributed by atoms with E-state index in [1.807, 2.05) is 36.6 Å². The lowest BCUT2D eigenvalue weighted by molar-refractivity contribution is 0.102. The van der Waals surface area contributed by atoms with Crippen molar-refractivity contribution in [2.45, 2.75) is 11.8 Å². The molecule has 1 N–H and O–H groups in total. The zero-order chi connectivity index (χ0) is 19.6. The molecule has 6 nitrogen and oxygen atoms in total. The quantitative estimate of drug-likeness (QED) is 0.708. The minimum absolute atomic E-state index is 0.139. The number of anilines is 1. The number of carbonyl (C=O) groups is 1. The van der Waals surface area contributed by atoms with Gasteiger partial charge in [0.05, 0.1) is 10.6 Å². The molecule has 0 aliphatic carbocycles. The second kappa shape index (κ2) is 7.59. The zero-order valence-corrected chi connectivity index (χ0v) is 16.8. The highest BCUT2D eigenvalue weighted by Gasteiger charge is 2.18. The average molecular weight is 402 g/mol. The number of hydrogen-bond donors (Lipinski definition) is 1. The maximum Gasteiger partial charge on any atom is 0.257 e. The van der Waals surface area contributed by atoms with Gasteiger partial charge in [0.25, 0.3) is 5.91 Å². The summed E-state index contributed by atoms with van der Waals surface area (Å²) in [6, 6.07) is 13.8. The van der Waals surface area contributed by atoms with Gasteiger partial charge >= 0.3 is 0 Å². The summed E-state index contributed by atoms with van der Waals surface area (Å²) >= 11 is 1.34. The van der Waals surface area contributed by atoms with Gasteiger partial charge in [-0.05, 0) is 31.2 Å². The Morgan fingerprint density at radius 2 is 1.67 bits per heavy atom. The molecule has 2 aromatic carbocycles. The molecule has 0 unspecified atom stereocenters. The summed E-state index contributed by atoms with van der Waals surface area (Å²) in [5.74, 6) is -0.339. The molecule has 0 saturated heterocycles. The number of carbonyl (C=O) groups excluding carboxylic acids is 1. The van der Waals surface area contributed by atoms with Crippen molar-refractivity contribution in [3.05, 3.63) is 65.0 Å². The summed E-state index contributed by atoms with van der Waals surface area (Å²) in [6.07, 6.45) is 0. The first-order chi connectivity index (χ1) is 12.8. The Bertz CT molecular complexity index is 1050. The molecular formula is C19H19N3O3S2. The number of benzene rings is 2. The van der Waals surface area contributed by atoms with Gasteiger partial charge in [-0.25, -0.2) is 17.7 Å². The van der Waals surface area contributed by atoms with Crippen LogP contribution in [0.4, 0.5) is 5.13 Å². The first-order valence-corrected chi connectivity index (χ1v) is 10.5. The maximum absolute atomic E-state index is 12.4. The molecule has 0 bridgehead atoms. The van der Waals surface area contributed by atoms with Crippen molar-refractivity contribution in [3.63, 3.8) is 0 Å². The molecule has 140 valence electrons. The van der Waals surface area contributed by atoms with Gasteiger partial charge in [-0.15, -0.1) is 11.3 Å². The van der Waals surface area contributed by atoms with Crippen LogP contribution in [0.3, 0.4) is 0 Å². The summed E-state index contributed by atoms with van der Waals surface area (Å²) in [6.45, 7) is 2.02. The minimum Gasteiger partial charge on any atom is -0.298 e. The fourth-order valence-electron chi connectivity index (χ4n) is 2.35. The van der Waals surface area contributed by atoms with E-state index in [0.29, 0.717) is 10.7 Å². The number of hydrogen-bond acceptors (Lipinski definition) is 5. The Labute approximate surface area is 162 Å². The summed E-state index contributed by atoms with van der Waals surface area (Å²) < 4.78 is 25.3. The third kappa shape index (κ3) is 4.24. The van der Waals surface area contributed by atoms with Crippen molar-refractivity contribution >= 4 is 32.4 Å². The molecule has 0 fully saturated rings. The van der Waals surface area contributed by atoms with Crippen LogP contribution < -0.4 is 5.32 Å². The molecule has 8 heteroatoms. The highest BCUT2D eigenvalue weighted by atomic mass is 32.2. The lowest BCUT2D eigenvalue weighted by Gasteiger charge is -2.11. The summed E-state index contributed by atoms with van der Waals surface area (Å²) in [5, 5.41) is 5.12. The number of rotatable bonds is 5. The molecule has 1 aromatic heterocycles. The first-order valence-electron chi connectivity index (χ1n) is 8.14. The van der Waals surface area contributed by atoms with E-state index in [1.165, 1.54) is 55.3 Å². The van der Waals surface area contributed by atoms with Gasteiger partial charge < -0.3 is 0 Å². The van der Waals surface area contributed by atoms with Crippen LogP contribution in [0.25, 0.3) is 11.3 Å². The standard InChI is InChI=1S/C19H19N3O3S2/c1-13-4-6-14(7-5-13)17-12-26-19(20-17)21-18(23)15-8-10-16(11-9-15)27(24,25)22(2)3/h4-12H,1-3H3,(H,20,21,23). The van der Waals surface area contributed by atoms with E-state index < -0.39 is 10.0 Å².